The van der Waals surface area contributed by atoms with Crippen molar-refractivity contribution in [3.8, 4) is 34.1 Å². The van der Waals surface area contributed by atoms with E-state index in [0.717, 1.165) is 59.4 Å². The van der Waals surface area contributed by atoms with Crippen LogP contribution in [-0.2, 0) is 17.6 Å². The lowest BCUT2D eigenvalue weighted by molar-refractivity contribution is 0.0598. The van der Waals surface area contributed by atoms with Crippen LogP contribution in [0, 0.1) is 0 Å². The first-order valence-electron chi connectivity index (χ1n) is 13.0. The van der Waals surface area contributed by atoms with Crippen molar-refractivity contribution in [2.75, 3.05) is 20.3 Å². The number of carbonyl (C=O) groups excluding carboxylic acids is 1. The lowest BCUT2D eigenvalue weighted by Gasteiger charge is -2.17. The predicted molar refractivity (Wildman–Crippen MR) is 147 cm³/mol. The van der Waals surface area contributed by atoms with E-state index in [0.29, 0.717) is 30.3 Å². The maximum Gasteiger partial charge on any atom is 0.341 e. The van der Waals surface area contributed by atoms with E-state index in [2.05, 4.69) is 26.0 Å². The van der Waals surface area contributed by atoms with Crippen LogP contribution in [0.25, 0.3) is 11.1 Å². The van der Waals surface area contributed by atoms with Gasteiger partial charge in [0.1, 0.15) is 28.6 Å². The summed E-state index contributed by atoms with van der Waals surface area (Å²) in [4.78, 5) is 12.2. The average molecular weight is 515 g/mol. The van der Waals surface area contributed by atoms with Crippen molar-refractivity contribution < 1.29 is 28.2 Å². The summed E-state index contributed by atoms with van der Waals surface area (Å²) >= 11 is 0. The van der Waals surface area contributed by atoms with Crippen LogP contribution in [-0.4, -0.2) is 26.3 Å². The van der Waals surface area contributed by atoms with Gasteiger partial charge in [0.05, 0.1) is 32.8 Å². The molecule has 0 aliphatic heterocycles. The number of esters is 1. The molecule has 0 aliphatic rings. The molecular formula is C32H34O6. The zero-order chi connectivity index (χ0) is 26.7. The number of methoxy groups -OCH3 is 1. The Morgan fingerprint density at radius 1 is 0.816 bits per heavy atom. The van der Waals surface area contributed by atoms with Gasteiger partial charge in [0.15, 0.2) is 0 Å². The van der Waals surface area contributed by atoms with Crippen LogP contribution >= 0.6 is 0 Å². The smallest absolute Gasteiger partial charge is 0.341 e. The maximum atomic E-state index is 12.2. The van der Waals surface area contributed by atoms with Crippen molar-refractivity contribution in [1.29, 1.82) is 0 Å². The summed E-state index contributed by atoms with van der Waals surface area (Å²) in [5, 5.41) is 0. The highest BCUT2D eigenvalue weighted by Crippen LogP contribution is 2.35. The van der Waals surface area contributed by atoms with Crippen LogP contribution < -0.4 is 14.2 Å². The molecule has 0 amide bonds. The van der Waals surface area contributed by atoms with Gasteiger partial charge < -0.3 is 23.4 Å². The van der Waals surface area contributed by atoms with Gasteiger partial charge in [-0.2, -0.15) is 0 Å². The minimum atomic E-state index is -0.438. The van der Waals surface area contributed by atoms with E-state index >= 15 is 0 Å². The van der Waals surface area contributed by atoms with Crippen molar-refractivity contribution in [2.24, 2.45) is 0 Å². The summed E-state index contributed by atoms with van der Waals surface area (Å²) in [7, 11) is 1.36. The minimum absolute atomic E-state index is 0.380. The third-order valence-electron chi connectivity index (χ3n) is 6.20. The van der Waals surface area contributed by atoms with Gasteiger partial charge in [-0.15, -0.1) is 0 Å². The molecule has 6 nitrogen and oxygen atoms in total. The first kappa shape index (κ1) is 26.9. The summed E-state index contributed by atoms with van der Waals surface area (Å²) in [6.45, 7) is 5.29. The van der Waals surface area contributed by atoms with Crippen LogP contribution in [0.3, 0.4) is 0 Å². The molecule has 0 atom stereocenters. The first-order valence-corrected chi connectivity index (χ1v) is 13.0. The summed E-state index contributed by atoms with van der Waals surface area (Å²) in [5.74, 6) is 2.35. The normalized spacial score (nSPS) is 10.7. The molecule has 0 radical (unpaired) electrons. The highest BCUT2D eigenvalue weighted by molar-refractivity contribution is 5.92. The van der Waals surface area contributed by atoms with Crippen molar-refractivity contribution >= 4 is 5.97 Å². The molecule has 1 heterocycles. The average Bonchev–Trinajstić information content (AvgIpc) is 3.49. The van der Waals surface area contributed by atoms with E-state index in [1.807, 2.05) is 36.4 Å². The summed E-state index contributed by atoms with van der Waals surface area (Å²) in [5.41, 5.74) is 4.68. The topological polar surface area (TPSA) is 67.1 Å². The molecule has 38 heavy (non-hydrogen) atoms. The largest absolute Gasteiger partial charge is 0.493 e. The molecular weight excluding hydrogens is 480 g/mol. The number of furan rings is 1. The van der Waals surface area contributed by atoms with Gasteiger partial charge in [0.2, 0.25) is 0 Å². The first-order chi connectivity index (χ1) is 18.6. The van der Waals surface area contributed by atoms with E-state index < -0.39 is 5.97 Å². The number of para-hydroxylation sites is 1. The number of hydrogen-bond donors (Lipinski definition) is 0. The predicted octanol–water partition coefficient (Wildman–Crippen LogP) is 7.89. The Morgan fingerprint density at radius 2 is 1.58 bits per heavy atom. The summed E-state index contributed by atoms with van der Waals surface area (Å²) in [6.07, 6.45) is 6.74. The van der Waals surface area contributed by atoms with E-state index in [1.165, 1.54) is 7.11 Å². The zero-order valence-corrected chi connectivity index (χ0v) is 22.2. The van der Waals surface area contributed by atoms with Gasteiger partial charge in [-0.3, -0.25) is 0 Å². The second-order valence-electron chi connectivity index (χ2n) is 8.81. The van der Waals surface area contributed by atoms with Crippen LogP contribution in [0.1, 0.15) is 48.2 Å². The summed E-state index contributed by atoms with van der Waals surface area (Å²) < 4.78 is 28.6. The molecule has 0 saturated heterocycles. The minimum Gasteiger partial charge on any atom is -0.493 e. The Hall–Kier alpha value is -4.19. The molecule has 0 N–H and O–H groups in total. The van der Waals surface area contributed by atoms with Crippen LogP contribution in [0.5, 0.6) is 23.0 Å². The van der Waals surface area contributed by atoms with Crippen molar-refractivity contribution in [2.45, 2.75) is 39.5 Å². The monoisotopic (exact) mass is 514 g/mol. The zero-order valence-electron chi connectivity index (χ0n) is 22.2. The molecule has 3 aromatic carbocycles. The lowest BCUT2D eigenvalue weighted by Crippen LogP contribution is -2.08. The molecule has 0 fully saturated rings. The Morgan fingerprint density at radius 3 is 2.32 bits per heavy atom. The van der Waals surface area contributed by atoms with E-state index in [-0.39, 0.29) is 0 Å². The van der Waals surface area contributed by atoms with Gasteiger partial charge in [-0.05, 0) is 66.4 Å². The second-order valence-corrected chi connectivity index (χ2v) is 8.81. The van der Waals surface area contributed by atoms with Crippen LogP contribution in [0.15, 0.2) is 83.7 Å². The fraction of sp³-hybridized carbons (Fsp3) is 0.281. The SMILES string of the molecule is CCCc1c(OCCCOc2ccc(-c3ccoc3)cc2CC)cccc1Oc1ccccc1C(=O)OC. The molecule has 0 aliphatic carbocycles. The third-order valence-corrected chi connectivity index (χ3v) is 6.20. The fourth-order valence-corrected chi connectivity index (χ4v) is 4.25. The molecule has 1 aromatic heterocycles. The lowest BCUT2D eigenvalue weighted by atomic mass is 10.0. The van der Waals surface area contributed by atoms with E-state index in [9.17, 15) is 4.79 Å². The Labute approximate surface area is 224 Å². The number of carbonyl (C=O) groups is 1. The number of benzene rings is 3. The second kappa shape index (κ2) is 13.4. The number of ether oxygens (including phenoxy) is 4. The molecule has 0 spiro atoms. The van der Waals surface area contributed by atoms with Crippen molar-refractivity contribution in [1.82, 2.24) is 0 Å². The molecule has 0 unspecified atom stereocenters. The molecule has 0 saturated carbocycles. The van der Waals surface area contributed by atoms with Gasteiger partial charge in [0.25, 0.3) is 0 Å². The standard InChI is InChI=1S/C32H34O6/c1-4-10-26-29(13-8-14-30(26)38-31-12-7-6-11-27(31)32(33)34-3)37-19-9-18-36-28-16-15-24(21-23(28)5-2)25-17-20-35-22-25/h6-8,11-17,20-22H,4-5,9-10,18-19H2,1-3H3. The highest BCUT2D eigenvalue weighted by atomic mass is 16.5. The van der Waals surface area contributed by atoms with Gasteiger partial charge >= 0.3 is 5.97 Å². The number of aryl methyl sites for hydroxylation is 1. The molecule has 4 rings (SSSR count). The van der Waals surface area contributed by atoms with Crippen molar-refractivity contribution in [3.63, 3.8) is 0 Å². The highest BCUT2D eigenvalue weighted by Gasteiger charge is 2.16. The van der Waals surface area contributed by atoms with E-state index in [1.54, 1.807) is 30.7 Å². The third kappa shape index (κ3) is 6.57. The molecule has 4 aromatic rings. The molecule has 0 bridgehead atoms. The van der Waals surface area contributed by atoms with Gasteiger partial charge in [0, 0.05) is 17.5 Å². The number of rotatable bonds is 13. The maximum absolute atomic E-state index is 12.2. The quantitative estimate of drug-likeness (QED) is 0.133. The number of hydrogen-bond acceptors (Lipinski definition) is 6. The Balaban J connectivity index is 1.38. The summed E-state index contributed by atoms with van der Waals surface area (Å²) in [6, 6.07) is 21.0. The van der Waals surface area contributed by atoms with E-state index in [4.69, 9.17) is 23.4 Å². The Bertz CT molecular complexity index is 1330. The van der Waals surface area contributed by atoms with Gasteiger partial charge in [-0.25, -0.2) is 4.79 Å². The van der Waals surface area contributed by atoms with Crippen LogP contribution in [0.4, 0.5) is 0 Å². The fourth-order valence-electron chi connectivity index (χ4n) is 4.25. The van der Waals surface area contributed by atoms with Crippen LogP contribution in [0.2, 0.25) is 0 Å². The Kier molecular flexibility index (Phi) is 9.46. The van der Waals surface area contributed by atoms with Gasteiger partial charge in [-0.1, -0.05) is 44.5 Å². The van der Waals surface area contributed by atoms with Crippen molar-refractivity contribution in [3.05, 3.63) is 95.9 Å². The molecule has 6 heteroatoms. The molecule has 198 valence electrons.